The normalized spacial score (nSPS) is 19.8. The third-order valence-corrected chi connectivity index (χ3v) is 2.49. The molecule has 0 spiro atoms. The largest absolute Gasteiger partial charge is 0.447 e. The van der Waals surface area contributed by atoms with Gasteiger partial charge in [-0.3, -0.25) is 0 Å². The fraction of sp³-hybridized carbons (Fsp3) is 0.700. The van der Waals surface area contributed by atoms with Crippen LogP contribution in [-0.2, 0) is 0 Å². The quantitative estimate of drug-likeness (QED) is 0.880. The molecule has 0 aliphatic carbocycles. The van der Waals surface area contributed by atoms with Crippen LogP contribution in [0.15, 0.2) is 10.7 Å². The number of hydrogen-bond acceptors (Lipinski definition) is 3. The van der Waals surface area contributed by atoms with Crippen LogP contribution in [0.3, 0.4) is 0 Å². The lowest BCUT2D eigenvalue weighted by molar-refractivity contribution is 0.429. The molecule has 1 aromatic heterocycles. The van der Waals surface area contributed by atoms with Crippen LogP contribution in [0.2, 0.25) is 0 Å². The molecule has 0 aromatic carbocycles. The molecule has 1 unspecified atom stereocenters. The SMILES string of the molecule is CC(C)c1coc(C2CCCN2)n1.Cl.Cl. The number of nitrogens with one attached hydrogen (secondary N) is 1. The Balaban J connectivity index is 0.000000980. The maximum absolute atomic E-state index is 5.44. The lowest BCUT2D eigenvalue weighted by atomic mass is 10.1. The van der Waals surface area contributed by atoms with Crippen molar-refractivity contribution in [3.8, 4) is 0 Å². The number of rotatable bonds is 2. The summed E-state index contributed by atoms with van der Waals surface area (Å²) in [4.78, 5) is 4.46. The van der Waals surface area contributed by atoms with Crippen molar-refractivity contribution in [2.75, 3.05) is 6.54 Å². The molecular weight excluding hydrogens is 235 g/mol. The zero-order chi connectivity index (χ0) is 9.26. The highest BCUT2D eigenvalue weighted by Crippen LogP contribution is 2.24. The fourth-order valence-electron chi connectivity index (χ4n) is 1.62. The van der Waals surface area contributed by atoms with E-state index in [2.05, 4.69) is 24.1 Å². The lowest BCUT2D eigenvalue weighted by Gasteiger charge is -2.03. The van der Waals surface area contributed by atoms with Gasteiger partial charge in [0.25, 0.3) is 0 Å². The minimum Gasteiger partial charge on any atom is -0.447 e. The third kappa shape index (κ3) is 3.37. The van der Waals surface area contributed by atoms with Gasteiger partial charge in [-0.05, 0) is 25.3 Å². The van der Waals surface area contributed by atoms with Crippen molar-refractivity contribution in [2.24, 2.45) is 0 Å². The zero-order valence-electron chi connectivity index (χ0n) is 9.03. The molecule has 2 heterocycles. The summed E-state index contributed by atoms with van der Waals surface area (Å²) in [5, 5.41) is 3.37. The number of hydrogen-bond donors (Lipinski definition) is 1. The summed E-state index contributed by atoms with van der Waals surface area (Å²) < 4.78 is 5.44. The van der Waals surface area contributed by atoms with Crippen molar-refractivity contribution in [1.29, 1.82) is 0 Å². The van der Waals surface area contributed by atoms with Gasteiger partial charge in [-0.1, -0.05) is 13.8 Å². The smallest absolute Gasteiger partial charge is 0.211 e. The molecule has 88 valence electrons. The number of oxazole rings is 1. The minimum absolute atomic E-state index is 0. The molecule has 1 aliphatic heterocycles. The number of aromatic nitrogens is 1. The monoisotopic (exact) mass is 252 g/mol. The van der Waals surface area contributed by atoms with E-state index in [1.807, 2.05) is 0 Å². The van der Waals surface area contributed by atoms with E-state index in [4.69, 9.17) is 4.42 Å². The summed E-state index contributed by atoms with van der Waals surface area (Å²) in [5.41, 5.74) is 1.06. The summed E-state index contributed by atoms with van der Waals surface area (Å²) in [7, 11) is 0. The van der Waals surface area contributed by atoms with Crippen LogP contribution >= 0.6 is 24.8 Å². The molecule has 0 bridgehead atoms. The van der Waals surface area contributed by atoms with Crippen LogP contribution in [0.4, 0.5) is 0 Å². The summed E-state index contributed by atoms with van der Waals surface area (Å²) in [5.74, 6) is 1.32. The van der Waals surface area contributed by atoms with Gasteiger partial charge in [0.1, 0.15) is 6.26 Å². The van der Waals surface area contributed by atoms with E-state index < -0.39 is 0 Å². The van der Waals surface area contributed by atoms with Crippen molar-refractivity contribution >= 4 is 24.8 Å². The van der Waals surface area contributed by atoms with E-state index in [1.165, 1.54) is 6.42 Å². The highest BCUT2D eigenvalue weighted by Gasteiger charge is 2.21. The van der Waals surface area contributed by atoms with E-state index in [-0.39, 0.29) is 24.8 Å². The van der Waals surface area contributed by atoms with Gasteiger partial charge in [-0.15, -0.1) is 24.8 Å². The first-order valence-corrected chi connectivity index (χ1v) is 4.96. The van der Waals surface area contributed by atoms with Crippen LogP contribution < -0.4 is 5.32 Å². The van der Waals surface area contributed by atoms with Gasteiger partial charge in [0.15, 0.2) is 0 Å². The molecular formula is C10H18Cl2N2O. The molecule has 2 rings (SSSR count). The molecule has 1 atom stereocenters. The Labute approximate surface area is 103 Å². The van der Waals surface area contributed by atoms with Gasteiger partial charge in [0, 0.05) is 0 Å². The summed E-state index contributed by atoms with van der Waals surface area (Å²) in [6.45, 7) is 5.34. The molecule has 1 fully saturated rings. The first kappa shape index (κ1) is 14.8. The Kier molecular flexibility index (Phi) is 6.25. The second-order valence-electron chi connectivity index (χ2n) is 3.91. The Bertz CT molecular complexity index is 283. The Morgan fingerprint density at radius 3 is 2.67 bits per heavy atom. The van der Waals surface area contributed by atoms with Gasteiger partial charge in [0.2, 0.25) is 5.89 Å². The molecule has 1 aromatic rings. The molecule has 1 N–H and O–H groups in total. The average molecular weight is 253 g/mol. The average Bonchev–Trinajstić information content (AvgIpc) is 2.75. The van der Waals surface area contributed by atoms with Crippen LogP contribution in [0.1, 0.15) is 50.2 Å². The van der Waals surface area contributed by atoms with E-state index in [9.17, 15) is 0 Å². The maximum Gasteiger partial charge on any atom is 0.211 e. The highest BCUT2D eigenvalue weighted by molar-refractivity contribution is 5.85. The van der Waals surface area contributed by atoms with E-state index >= 15 is 0 Å². The summed E-state index contributed by atoms with van der Waals surface area (Å²) >= 11 is 0. The van der Waals surface area contributed by atoms with E-state index in [1.54, 1.807) is 6.26 Å². The van der Waals surface area contributed by atoms with Crippen LogP contribution in [0.25, 0.3) is 0 Å². The van der Waals surface area contributed by atoms with Gasteiger partial charge < -0.3 is 9.73 Å². The molecule has 1 saturated heterocycles. The molecule has 1 aliphatic rings. The fourth-order valence-corrected chi connectivity index (χ4v) is 1.62. The zero-order valence-corrected chi connectivity index (χ0v) is 10.7. The van der Waals surface area contributed by atoms with Crippen molar-refractivity contribution in [2.45, 2.75) is 38.6 Å². The van der Waals surface area contributed by atoms with E-state index in [0.717, 1.165) is 24.6 Å². The van der Waals surface area contributed by atoms with Gasteiger partial charge in [-0.25, -0.2) is 4.98 Å². The predicted octanol–water partition coefficient (Wildman–Crippen LogP) is 3.07. The molecule has 0 amide bonds. The van der Waals surface area contributed by atoms with Crippen LogP contribution in [0.5, 0.6) is 0 Å². The van der Waals surface area contributed by atoms with Gasteiger partial charge in [0.05, 0.1) is 11.7 Å². The van der Waals surface area contributed by atoms with Crippen molar-refractivity contribution in [1.82, 2.24) is 10.3 Å². The molecule has 0 saturated carbocycles. The number of nitrogens with zero attached hydrogens (tertiary/aromatic N) is 1. The Hall–Kier alpha value is -0.250. The highest BCUT2D eigenvalue weighted by atomic mass is 35.5. The molecule has 15 heavy (non-hydrogen) atoms. The first-order chi connectivity index (χ1) is 6.27. The Morgan fingerprint density at radius 1 is 1.47 bits per heavy atom. The number of halogens is 2. The van der Waals surface area contributed by atoms with Gasteiger partial charge in [-0.2, -0.15) is 0 Å². The van der Waals surface area contributed by atoms with E-state index in [0.29, 0.717) is 12.0 Å². The maximum atomic E-state index is 5.44. The predicted molar refractivity (Wildman–Crippen MR) is 65.1 cm³/mol. The van der Waals surface area contributed by atoms with Gasteiger partial charge >= 0.3 is 0 Å². The summed E-state index contributed by atoms with van der Waals surface area (Å²) in [6, 6.07) is 0.354. The third-order valence-electron chi connectivity index (χ3n) is 2.49. The molecule has 3 nitrogen and oxygen atoms in total. The van der Waals surface area contributed by atoms with Crippen LogP contribution in [-0.4, -0.2) is 11.5 Å². The van der Waals surface area contributed by atoms with Crippen LogP contribution in [0, 0.1) is 0 Å². The Morgan fingerprint density at radius 2 is 2.20 bits per heavy atom. The van der Waals surface area contributed by atoms with Crippen molar-refractivity contribution in [3.05, 3.63) is 17.8 Å². The second kappa shape index (κ2) is 6.36. The summed E-state index contributed by atoms with van der Waals surface area (Å²) in [6.07, 6.45) is 4.15. The lowest BCUT2D eigenvalue weighted by Crippen LogP contribution is -2.13. The standard InChI is InChI=1S/C10H16N2O.2ClH/c1-7(2)9-6-13-10(12-9)8-4-3-5-11-8;;/h6-8,11H,3-5H2,1-2H3;2*1H. The molecule has 5 heteroatoms. The topological polar surface area (TPSA) is 38.1 Å². The minimum atomic E-state index is 0. The van der Waals surface area contributed by atoms with Crippen molar-refractivity contribution in [3.63, 3.8) is 0 Å². The first-order valence-electron chi connectivity index (χ1n) is 4.96. The second-order valence-corrected chi connectivity index (χ2v) is 3.91. The van der Waals surface area contributed by atoms with Crippen molar-refractivity contribution < 1.29 is 4.42 Å². The molecule has 0 radical (unpaired) electrons.